The first kappa shape index (κ1) is 10.4. The highest BCUT2D eigenvalue weighted by Crippen LogP contribution is 2.33. The van der Waals surface area contributed by atoms with Crippen molar-refractivity contribution in [1.82, 2.24) is 19.6 Å². The molecule has 90 valence electrons. The molecule has 1 fully saturated rings. The number of hydrogen-bond acceptors (Lipinski definition) is 4. The second kappa shape index (κ2) is 3.12. The van der Waals surface area contributed by atoms with E-state index in [2.05, 4.69) is 15.1 Å². The molecule has 0 aromatic carbocycles. The van der Waals surface area contributed by atoms with Crippen molar-refractivity contribution in [2.75, 3.05) is 18.0 Å². The summed E-state index contributed by atoms with van der Waals surface area (Å²) in [5.41, 5.74) is 1.65. The Morgan fingerprint density at radius 1 is 1.29 bits per heavy atom. The molecule has 0 aliphatic carbocycles. The van der Waals surface area contributed by atoms with Crippen LogP contribution in [0.5, 0.6) is 0 Å². The van der Waals surface area contributed by atoms with E-state index < -0.39 is 5.92 Å². The molecule has 2 aromatic rings. The highest BCUT2D eigenvalue weighted by molar-refractivity contribution is 5.56. The molecule has 0 saturated carbocycles. The van der Waals surface area contributed by atoms with Crippen LogP contribution in [0.4, 0.5) is 14.6 Å². The number of aromatic nitrogens is 4. The normalized spacial score (nSPS) is 18.5. The Hall–Kier alpha value is -1.79. The van der Waals surface area contributed by atoms with Gasteiger partial charge in [-0.15, -0.1) is 0 Å². The maximum absolute atomic E-state index is 12.9. The minimum Gasteiger partial charge on any atom is -0.344 e. The van der Waals surface area contributed by atoms with Gasteiger partial charge in [0.25, 0.3) is 11.7 Å². The van der Waals surface area contributed by atoms with Crippen molar-refractivity contribution < 1.29 is 8.78 Å². The van der Waals surface area contributed by atoms with Gasteiger partial charge in [0.2, 0.25) is 0 Å². The maximum atomic E-state index is 12.9. The number of hydrogen-bond donors (Lipinski definition) is 0. The fourth-order valence-corrected chi connectivity index (χ4v) is 2.05. The Balaban J connectivity index is 2.14. The Bertz CT molecular complexity index is 584. The van der Waals surface area contributed by atoms with Gasteiger partial charge in [-0.05, 0) is 13.8 Å². The van der Waals surface area contributed by atoms with Gasteiger partial charge in [0.1, 0.15) is 12.1 Å². The van der Waals surface area contributed by atoms with Crippen LogP contribution in [-0.4, -0.2) is 38.6 Å². The van der Waals surface area contributed by atoms with Gasteiger partial charge in [0.15, 0.2) is 0 Å². The summed E-state index contributed by atoms with van der Waals surface area (Å²) >= 11 is 0. The Labute approximate surface area is 96.1 Å². The van der Waals surface area contributed by atoms with Crippen molar-refractivity contribution in [2.45, 2.75) is 19.8 Å². The van der Waals surface area contributed by atoms with E-state index in [0.717, 1.165) is 11.3 Å². The van der Waals surface area contributed by atoms with Crippen molar-refractivity contribution in [3.8, 4) is 0 Å². The van der Waals surface area contributed by atoms with Crippen molar-refractivity contribution in [1.29, 1.82) is 0 Å². The molecule has 7 heteroatoms. The molecule has 0 bridgehead atoms. The van der Waals surface area contributed by atoms with Gasteiger partial charge in [-0.1, -0.05) is 0 Å². The predicted molar refractivity (Wildman–Crippen MR) is 57.4 cm³/mol. The molecule has 1 saturated heterocycles. The van der Waals surface area contributed by atoms with Gasteiger partial charge in [0.05, 0.1) is 13.1 Å². The zero-order valence-electron chi connectivity index (χ0n) is 9.48. The summed E-state index contributed by atoms with van der Waals surface area (Å²) in [6, 6.07) is 0. The highest BCUT2D eigenvalue weighted by Gasteiger charge is 2.45. The smallest absolute Gasteiger partial charge is 0.282 e. The first-order chi connectivity index (χ1) is 7.98. The number of halogens is 2. The monoisotopic (exact) mass is 239 g/mol. The van der Waals surface area contributed by atoms with Crippen LogP contribution in [0, 0.1) is 13.8 Å². The first-order valence-corrected chi connectivity index (χ1v) is 5.28. The second-order valence-electron chi connectivity index (χ2n) is 4.33. The average Bonchev–Trinajstić information content (AvgIpc) is 2.63. The topological polar surface area (TPSA) is 46.3 Å². The molecular formula is C10H11F2N5. The van der Waals surface area contributed by atoms with E-state index in [1.165, 1.54) is 10.8 Å². The van der Waals surface area contributed by atoms with E-state index in [0.29, 0.717) is 11.6 Å². The summed E-state index contributed by atoms with van der Waals surface area (Å²) in [7, 11) is 0. The van der Waals surface area contributed by atoms with Crippen LogP contribution in [0.3, 0.4) is 0 Å². The zero-order valence-corrected chi connectivity index (χ0v) is 9.48. The van der Waals surface area contributed by atoms with E-state index in [-0.39, 0.29) is 13.1 Å². The van der Waals surface area contributed by atoms with Crippen LogP contribution in [0.2, 0.25) is 0 Å². The molecule has 5 nitrogen and oxygen atoms in total. The van der Waals surface area contributed by atoms with Crippen LogP contribution < -0.4 is 4.90 Å². The fraction of sp³-hybridized carbons (Fsp3) is 0.500. The molecule has 0 atom stereocenters. The Morgan fingerprint density at radius 3 is 2.65 bits per heavy atom. The third kappa shape index (κ3) is 1.45. The van der Waals surface area contributed by atoms with Crippen LogP contribution in [0.1, 0.15) is 11.3 Å². The van der Waals surface area contributed by atoms with Gasteiger partial charge in [-0.2, -0.15) is 14.6 Å². The quantitative estimate of drug-likeness (QED) is 0.750. The molecule has 1 aliphatic rings. The predicted octanol–water partition coefficient (Wildman–Crippen LogP) is 1.20. The fourth-order valence-electron chi connectivity index (χ4n) is 2.05. The molecule has 0 unspecified atom stereocenters. The minimum atomic E-state index is -2.60. The number of alkyl halides is 2. The number of anilines is 1. The molecule has 0 spiro atoms. The lowest BCUT2D eigenvalue weighted by Crippen LogP contribution is -2.57. The first-order valence-electron chi connectivity index (χ1n) is 5.28. The summed E-state index contributed by atoms with van der Waals surface area (Å²) in [6.45, 7) is 3.15. The third-order valence-electron chi connectivity index (χ3n) is 3.02. The lowest BCUT2D eigenvalue weighted by molar-refractivity contribution is -0.0269. The lowest BCUT2D eigenvalue weighted by Gasteiger charge is -2.40. The standard InChI is InChI=1S/C10H11F2N5/c1-6-7(2)15-9-13-5-14-17(9)8(6)16-3-10(11,12)4-16/h5H,3-4H2,1-2H3. The molecule has 0 amide bonds. The number of nitrogens with zero attached hydrogens (tertiary/aromatic N) is 5. The van der Waals surface area contributed by atoms with Crippen molar-refractivity contribution in [2.24, 2.45) is 0 Å². The van der Waals surface area contributed by atoms with Crippen molar-refractivity contribution >= 4 is 11.6 Å². The van der Waals surface area contributed by atoms with E-state index >= 15 is 0 Å². The molecule has 0 N–H and O–H groups in total. The van der Waals surface area contributed by atoms with E-state index in [9.17, 15) is 8.78 Å². The number of fused-ring (bicyclic) bond motifs is 1. The van der Waals surface area contributed by atoms with Gasteiger partial charge in [-0.3, -0.25) is 0 Å². The van der Waals surface area contributed by atoms with E-state index in [1.807, 2.05) is 13.8 Å². The molecule has 3 heterocycles. The largest absolute Gasteiger partial charge is 0.344 e. The number of rotatable bonds is 1. The molecular weight excluding hydrogens is 228 g/mol. The third-order valence-corrected chi connectivity index (χ3v) is 3.02. The molecule has 17 heavy (non-hydrogen) atoms. The Morgan fingerprint density at radius 2 is 2.00 bits per heavy atom. The summed E-state index contributed by atoms with van der Waals surface area (Å²) in [6.07, 6.45) is 1.38. The van der Waals surface area contributed by atoms with Gasteiger partial charge in [0, 0.05) is 11.3 Å². The van der Waals surface area contributed by atoms with Crippen LogP contribution in [0.15, 0.2) is 6.33 Å². The molecule has 0 radical (unpaired) electrons. The van der Waals surface area contributed by atoms with Crippen molar-refractivity contribution in [3.63, 3.8) is 0 Å². The van der Waals surface area contributed by atoms with E-state index in [1.54, 1.807) is 4.90 Å². The van der Waals surface area contributed by atoms with Gasteiger partial charge >= 0.3 is 0 Å². The summed E-state index contributed by atoms with van der Waals surface area (Å²) in [4.78, 5) is 9.84. The Kier molecular flexibility index (Phi) is 1.90. The van der Waals surface area contributed by atoms with Crippen LogP contribution in [-0.2, 0) is 0 Å². The summed E-state index contributed by atoms with van der Waals surface area (Å²) in [5.74, 6) is -1.49. The van der Waals surface area contributed by atoms with Crippen molar-refractivity contribution in [3.05, 3.63) is 17.6 Å². The number of aryl methyl sites for hydroxylation is 1. The van der Waals surface area contributed by atoms with Crippen LogP contribution in [0.25, 0.3) is 5.78 Å². The van der Waals surface area contributed by atoms with Gasteiger partial charge < -0.3 is 4.90 Å². The zero-order chi connectivity index (χ0) is 12.2. The molecule has 2 aromatic heterocycles. The lowest BCUT2D eigenvalue weighted by atomic mass is 10.1. The SMILES string of the molecule is Cc1nc2ncnn2c(N2CC(F)(F)C2)c1C. The summed E-state index contributed by atoms with van der Waals surface area (Å²) in [5, 5.41) is 4.03. The van der Waals surface area contributed by atoms with Crippen LogP contribution >= 0.6 is 0 Å². The van der Waals surface area contributed by atoms with Gasteiger partial charge in [-0.25, -0.2) is 13.8 Å². The minimum absolute atomic E-state index is 0.272. The maximum Gasteiger partial charge on any atom is 0.282 e. The van der Waals surface area contributed by atoms with E-state index in [4.69, 9.17) is 0 Å². The second-order valence-corrected chi connectivity index (χ2v) is 4.33. The average molecular weight is 239 g/mol. The molecule has 3 rings (SSSR count). The molecule has 1 aliphatic heterocycles. The summed E-state index contributed by atoms with van der Waals surface area (Å²) < 4.78 is 27.4. The highest BCUT2D eigenvalue weighted by atomic mass is 19.3.